The lowest BCUT2D eigenvalue weighted by atomic mass is 9.93. The fourth-order valence-electron chi connectivity index (χ4n) is 3.36. The number of carbonyl (C=O) groups is 2. The van der Waals surface area contributed by atoms with Gasteiger partial charge in [-0.2, -0.15) is 0 Å². The molecule has 2 aromatic carbocycles. The highest BCUT2D eigenvalue weighted by atomic mass is 19.1. The van der Waals surface area contributed by atoms with Crippen molar-refractivity contribution in [1.29, 1.82) is 0 Å². The molecule has 1 heterocycles. The van der Waals surface area contributed by atoms with E-state index in [0.29, 0.717) is 32.5 Å². The Labute approximate surface area is 157 Å². The maximum absolute atomic E-state index is 13.2. The molecular weight excluding hydrogens is 347 g/mol. The van der Waals surface area contributed by atoms with E-state index in [2.05, 4.69) is 5.32 Å². The van der Waals surface area contributed by atoms with Crippen molar-refractivity contribution < 1.29 is 19.1 Å². The largest absolute Gasteiger partial charge is 0.480 e. The van der Waals surface area contributed by atoms with Crippen LogP contribution in [0.2, 0.25) is 0 Å². The van der Waals surface area contributed by atoms with E-state index in [0.717, 1.165) is 11.1 Å². The number of carboxylic acid groups (broad SMARTS) is 1. The molecule has 2 atom stereocenters. The fraction of sp³-hybridized carbons (Fsp3) is 0.333. The number of nitrogens with zero attached hydrogens (tertiary/aromatic N) is 1. The van der Waals surface area contributed by atoms with Gasteiger partial charge in [-0.1, -0.05) is 42.5 Å². The van der Waals surface area contributed by atoms with Gasteiger partial charge < -0.3 is 15.3 Å². The topological polar surface area (TPSA) is 69.6 Å². The average Bonchev–Trinajstić information content (AvgIpc) is 2.69. The summed E-state index contributed by atoms with van der Waals surface area (Å²) >= 11 is 0. The lowest BCUT2D eigenvalue weighted by Gasteiger charge is -2.32. The molecule has 1 aliphatic rings. The van der Waals surface area contributed by atoms with Crippen LogP contribution in [0.1, 0.15) is 24.0 Å². The molecule has 142 valence electrons. The SMILES string of the molecule is O=C(O)C1CCC(C(=O)N(Cc2ccccc2)Cc2ccc(F)cc2)CN1. The Kier molecular flexibility index (Phi) is 6.19. The first kappa shape index (κ1) is 19.0. The van der Waals surface area contributed by atoms with E-state index in [1.807, 2.05) is 30.3 Å². The van der Waals surface area contributed by atoms with E-state index >= 15 is 0 Å². The summed E-state index contributed by atoms with van der Waals surface area (Å²) in [5.41, 5.74) is 1.87. The van der Waals surface area contributed by atoms with Crippen LogP contribution in [0, 0.1) is 11.7 Å². The van der Waals surface area contributed by atoms with Crippen LogP contribution >= 0.6 is 0 Å². The summed E-state index contributed by atoms with van der Waals surface area (Å²) in [6, 6.07) is 15.3. The highest BCUT2D eigenvalue weighted by molar-refractivity contribution is 5.80. The van der Waals surface area contributed by atoms with E-state index in [9.17, 15) is 14.0 Å². The van der Waals surface area contributed by atoms with Gasteiger partial charge in [0.2, 0.25) is 5.91 Å². The van der Waals surface area contributed by atoms with Crippen molar-refractivity contribution in [1.82, 2.24) is 10.2 Å². The van der Waals surface area contributed by atoms with Gasteiger partial charge in [0, 0.05) is 19.6 Å². The monoisotopic (exact) mass is 370 g/mol. The van der Waals surface area contributed by atoms with Crippen LogP contribution in [0.4, 0.5) is 4.39 Å². The van der Waals surface area contributed by atoms with Gasteiger partial charge in [-0.25, -0.2) is 4.39 Å². The van der Waals surface area contributed by atoms with Gasteiger partial charge in [0.1, 0.15) is 11.9 Å². The molecule has 1 saturated heterocycles. The van der Waals surface area contributed by atoms with Crippen molar-refractivity contribution in [2.75, 3.05) is 6.54 Å². The summed E-state index contributed by atoms with van der Waals surface area (Å²) in [5, 5.41) is 12.0. The van der Waals surface area contributed by atoms with E-state index in [4.69, 9.17) is 5.11 Å². The number of rotatable bonds is 6. The van der Waals surface area contributed by atoms with Gasteiger partial charge in [0.05, 0.1) is 5.92 Å². The van der Waals surface area contributed by atoms with Crippen molar-refractivity contribution >= 4 is 11.9 Å². The maximum atomic E-state index is 13.2. The summed E-state index contributed by atoms with van der Waals surface area (Å²) in [5.74, 6) is -1.46. The first-order chi connectivity index (χ1) is 13.0. The van der Waals surface area contributed by atoms with E-state index in [-0.39, 0.29) is 17.6 Å². The van der Waals surface area contributed by atoms with Crippen LogP contribution in [-0.4, -0.2) is 34.5 Å². The number of piperidine rings is 1. The van der Waals surface area contributed by atoms with Gasteiger partial charge in [0.25, 0.3) is 0 Å². The zero-order chi connectivity index (χ0) is 19.2. The third-order valence-electron chi connectivity index (χ3n) is 4.88. The minimum absolute atomic E-state index is 0.0143. The highest BCUT2D eigenvalue weighted by Crippen LogP contribution is 2.20. The number of benzene rings is 2. The predicted octanol–water partition coefficient (Wildman–Crippen LogP) is 2.81. The third kappa shape index (κ3) is 5.14. The Hall–Kier alpha value is -2.73. The highest BCUT2D eigenvalue weighted by Gasteiger charge is 2.31. The average molecular weight is 370 g/mol. The Morgan fingerprint density at radius 1 is 1.00 bits per heavy atom. The Bertz CT molecular complexity index is 772. The van der Waals surface area contributed by atoms with Crippen molar-refractivity contribution in [2.24, 2.45) is 5.92 Å². The van der Waals surface area contributed by atoms with Crippen LogP contribution in [0.5, 0.6) is 0 Å². The van der Waals surface area contributed by atoms with E-state index in [1.165, 1.54) is 12.1 Å². The zero-order valence-electron chi connectivity index (χ0n) is 15.0. The maximum Gasteiger partial charge on any atom is 0.320 e. The molecule has 3 rings (SSSR count). The molecule has 2 N–H and O–H groups in total. The van der Waals surface area contributed by atoms with E-state index in [1.54, 1.807) is 17.0 Å². The van der Waals surface area contributed by atoms with Crippen LogP contribution in [0.25, 0.3) is 0 Å². The molecule has 1 fully saturated rings. The first-order valence-electron chi connectivity index (χ1n) is 9.06. The molecule has 0 aromatic heterocycles. The summed E-state index contributed by atoms with van der Waals surface area (Å²) in [6.07, 6.45) is 0.971. The number of carboxylic acids is 1. The molecule has 2 aromatic rings. The molecule has 0 saturated carbocycles. The van der Waals surface area contributed by atoms with Gasteiger partial charge in [-0.3, -0.25) is 9.59 Å². The normalized spacial score (nSPS) is 19.4. The predicted molar refractivity (Wildman–Crippen MR) is 99.2 cm³/mol. The molecule has 2 unspecified atom stereocenters. The lowest BCUT2D eigenvalue weighted by Crippen LogP contribution is -2.48. The summed E-state index contributed by atoms with van der Waals surface area (Å²) < 4.78 is 13.2. The van der Waals surface area contributed by atoms with Crippen LogP contribution in [0.3, 0.4) is 0 Å². The van der Waals surface area contributed by atoms with Crippen LogP contribution in [0.15, 0.2) is 54.6 Å². The quantitative estimate of drug-likeness (QED) is 0.820. The number of halogens is 1. The molecule has 1 aliphatic heterocycles. The number of aliphatic carboxylic acids is 1. The molecule has 0 spiro atoms. The van der Waals surface area contributed by atoms with Crippen LogP contribution in [-0.2, 0) is 22.7 Å². The Morgan fingerprint density at radius 2 is 1.63 bits per heavy atom. The Morgan fingerprint density at radius 3 is 2.19 bits per heavy atom. The minimum Gasteiger partial charge on any atom is -0.480 e. The smallest absolute Gasteiger partial charge is 0.320 e. The van der Waals surface area contributed by atoms with Gasteiger partial charge in [-0.15, -0.1) is 0 Å². The van der Waals surface area contributed by atoms with Gasteiger partial charge in [-0.05, 0) is 36.1 Å². The van der Waals surface area contributed by atoms with Crippen molar-refractivity contribution in [3.63, 3.8) is 0 Å². The second-order valence-electron chi connectivity index (χ2n) is 6.88. The van der Waals surface area contributed by atoms with Crippen LogP contribution < -0.4 is 5.32 Å². The molecule has 0 radical (unpaired) electrons. The summed E-state index contributed by atoms with van der Waals surface area (Å²) in [7, 11) is 0. The summed E-state index contributed by atoms with van der Waals surface area (Å²) in [4.78, 5) is 26.0. The fourth-order valence-corrected chi connectivity index (χ4v) is 3.36. The number of hydrogen-bond acceptors (Lipinski definition) is 3. The number of hydrogen-bond donors (Lipinski definition) is 2. The van der Waals surface area contributed by atoms with Crippen molar-refractivity contribution in [2.45, 2.75) is 32.0 Å². The molecule has 27 heavy (non-hydrogen) atoms. The third-order valence-corrected chi connectivity index (χ3v) is 4.88. The molecular formula is C21H23FN2O3. The number of amides is 1. The number of carbonyl (C=O) groups excluding carboxylic acids is 1. The second-order valence-corrected chi connectivity index (χ2v) is 6.88. The molecule has 5 nitrogen and oxygen atoms in total. The van der Waals surface area contributed by atoms with Gasteiger partial charge >= 0.3 is 5.97 Å². The minimum atomic E-state index is -0.881. The van der Waals surface area contributed by atoms with Crippen molar-refractivity contribution in [3.8, 4) is 0 Å². The molecule has 6 heteroatoms. The standard InChI is InChI=1S/C21H23FN2O3/c22-18-9-6-16(7-10-18)14-24(13-15-4-2-1-3-5-15)20(25)17-8-11-19(21(26)27)23-12-17/h1-7,9-10,17,19,23H,8,11-14H2,(H,26,27). The van der Waals surface area contributed by atoms with E-state index < -0.39 is 12.0 Å². The van der Waals surface area contributed by atoms with Crippen molar-refractivity contribution in [3.05, 3.63) is 71.5 Å². The first-order valence-corrected chi connectivity index (χ1v) is 9.06. The molecule has 0 aliphatic carbocycles. The number of nitrogens with one attached hydrogen (secondary N) is 1. The molecule has 0 bridgehead atoms. The lowest BCUT2D eigenvalue weighted by molar-refractivity contribution is -0.143. The second kappa shape index (κ2) is 8.77. The molecule has 1 amide bonds. The zero-order valence-corrected chi connectivity index (χ0v) is 15.0. The van der Waals surface area contributed by atoms with Gasteiger partial charge in [0.15, 0.2) is 0 Å². The summed E-state index contributed by atoms with van der Waals surface area (Å²) in [6.45, 7) is 1.19. The Balaban J connectivity index is 1.73.